The smallest absolute Gasteiger partial charge is 0.416 e. The van der Waals surface area contributed by atoms with E-state index in [0.717, 1.165) is 11.0 Å². The Morgan fingerprint density at radius 2 is 1.47 bits per heavy atom. The number of nitrogens with one attached hydrogen (secondary N) is 1. The van der Waals surface area contributed by atoms with Crippen molar-refractivity contribution in [3.63, 3.8) is 0 Å². The van der Waals surface area contributed by atoms with Gasteiger partial charge >= 0.3 is 30.7 Å². The number of alkyl halides is 9. The molecule has 2 unspecified atom stereocenters. The van der Waals surface area contributed by atoms with Crippen molar-refractivity contribution in [3.8, 4) is 0 Å². The minimum absolute atomic E-state index is 0.0383. The summed E-state index contributed by atoms with van der Waals surface area (Å²) in [7, 11) is 0. The molecule has 0 aromatic heterocycles. The van der Waals surface area contributed by atoms with Crippen LogP contribution in [0.4, 0.5) is 54.8 Å². The molecule has 2 atom stereocenters. The fourth-order valence-corrected chi connectivity index (χ4v) is 4.07. The fourth-order valence-electron chi connectivity index (χ4n) is 4.07. The fraction of sp³-hybridized carbons (Fsp3) is 0.391. The third-order valence-corrected chi connectivity index (χ3v) is 5.78. The van der Waals surface area contributed by atoms with Crippen molar-refractivity contribution in [2.24, 2.45) is 0 Å². The van der Waals surface area contributed by atoms with Crippen LogP contribution in [0.25, 0.3) is 0 Å². The number of ether oxygens (including phenoxy) is 1. The number of carboxylic acid groups (broad SMARTS) is 1. The molecular formula is C23H19F9N2O4. The van der Waals surface area contributed by atoms with Crippen molar-refractivity contribution in [1.29, 1.82) is 0 Å². The molecule has 2 aromatic rings. The Morgan fingerprint density at radius 3 is 1.97 bits per heavy atom. The van der Waals surface area contributed by atoms with Gasteiger partial charge in [-0.1, -0.05) is 6.07 Å². The zero-order valence-corrected chi connectivity index (χ0v) is 19.3. The Labute approximate surface area is 209 Å². The molecule has 15 heteroatoms. The highest BCUT2D eigenvalue weighted by atomic mass is 19.4. The number of hydrogen-bond acceptors (Lipinski definition) is 3. The number of halogens is 9. The predicted octanol–water partition coefficient (Wildman–Crippen LogP) is 7.03. The maximum absolute atomic E-state index is 13.2. The van der Waals surface area contributed by atoms with E-state index in [4.69, 9.17) is 4.74 Å². The van der Waals surface area contributed by atoms with Crippen LogP contribution in [0, 0.1) is 0 Å². The molecule has 0 saturated heterocycles. The molecule has 2 aromatic carbocycles. The van der Waals surface area contributed by atoms with E-state index >= 15 is 0 Å². The van der Waals surface area contributed by atoms with E-state index in [1.807, 2.05) is 0 Å². The van der Waals surface area contributed by atoms with Gasteiger partial charge in [0.15, 0.2) is 0 Å². The van der Waals surface area contributed by atoms with E-state index in [1.54, 1.807) is 0 Å². The first-order valence-electron chi connectivity index (χ1n) is 10.8. The molecule has 208 valence electrons. The van der Waals surface area contributed by atoms with E-state index in [-0.39, 0.29) is 23.7 Å². The summed E-state index contributed by atoms with van der Waals surface area (Å²) in [4.78, 5) is 24.7. The molecule has 0 spiro atoms. The molecule has 2 amide bonds. The molecule has 0 fully saturated rings. The molecule has 2 N–H and O–H groups in total. The van der Waals surface area contributed by atoms with Crippen molar-refractivity contribution < 1.29 is 58.9 Å². The second-order valence-electron chi connectivity index (χ2n) is 8.51. The van der Waals surface area contributed by atoms with Crippen LogP contribution < -0.4 is 10.2 Å². The Morgan fingerprint density at radius 1 is 0.921 bits per heavy atom. The zero-order valence-electron chi connectivity index (χ0n) is 19.3. The van der Waals surface area contributed by atoms with E-state index in [0.29, 0.717) is 24.3 Å². The summed E-state index contributed by atoms with van der Waals surface area (Å²) in [6, 6.07) is 1.44. The summed E-state index contributed by atoms with van der Waals surface area (Å²) >= 11 is 0. The van der Waals surface area contributed by atoms with Crippen LogP contribution in [0.5, 0.6) is 0 Å². The van der Waals surface area contributed by atoms with Gasteiger partial charge in [0.1, 0.15) is 0 Å². The van der Waals surface area contributed by atoms with Crippen LogP contribution in [-0.4, -0.2) is 29.9 Å². The number of fused-ring (bicyclic) bond motifs is 1. The van der Waals surface area contributed by atoms with Gasteiger partial charge in [0.2, 0.25) is 0 Å². The van der Waals surface area contributed by atoms with Gasteiger partial charge in [-0.2, -0.15) is 39.5 Å². The number of rotatable bonds is 4. The molecule has 1 heterocycles. The molecule has 0 aliphatic carbocycles. The van der Waals surface area contributed by atoms with Gasteiger partial charge in [0, 0.05) is 12.5 Å². The largest absolute Gasteiger partial charge is 0.465 e. The Balaban J connectivity index is 1.75. The number of hydrogen-bond donors (Lipinski definition) is 2. The van der Waals surface area contributed by atoms with E-state index < -0.39 is 78.1 Å². The number of anilines is 1. The zero-order chi connectivity index (χ0) is 28.6. The predicted molar refractivity (Wildman–Crippen MR) is 113 cm³/mol. The monoisotopic (exact) mass is 558 g/mol. The van der Waals surface area contributed by atoms with Gasteiger partial charge in [-0.05, 0) is 54.8 Å². The summed E-state index contributed by atoms with van der Waals surface area (Å²) < 4.78 is 122. The average molecular weight is 558 g/mol. The van der Waals surface area contributed by atoms with Gasteiger partial charge in [-0.25, -0.2) is 9.59 Å². The van der Waals surface area contributed by atoms with Crippen molar-refractivity contribution in [1.82, 2.24) is 5.32 Å². The Kier molecular flexibility index (Phi) is 7.80. The van der Waals surface area contributed by atoms with Crippen LogP contribution in [-0.2, 0) is 29.7 Å². The summed E-state index contributed by atoms with van der Waals surface area (Å²) in [6.45, 7) is 0.789. The van der Waals surface area contributed by atoms with Crippen molar-refractivity contribution in [3.05, 3.63) is 64.2 Å². The highest BCUT2D eigenvalue weighted by Crippen LogP contribution is 2.41. The molecule has 3 rings (SSSR count). The van der Waals surface area contributed by atoms with E-state index in [9.17, 15) is 54.2 Å². The van der Waals surface area contributed by atoms with Crippen molar-refractivity contribution in [2.45, 2.75) is 50.4 Å². The lowest BCUT2D eigenvalue weighted by atomic mass is 9.91. The van der Waals surface area contributed by atoms with Crippen LogP contribution >= 0.6 is 0 Å². The second kappa shape index (κ2) is 10.3. The molecule has 38 heavy (non-hydrogen) atoms. The van der Waals surface area contributed by atoms with Crippen molar-refractivity contribution in [2.75, 3.05) is 11.5 Å². The first-order chi connectivity index (χ1) is 17.4. The van der Waals surface area contributed by atoms with Gasteiger partial charge in [0.25, 0.3) is 0 Å². The number of benzene rings is 2. The number of carbonyl (C=O) groups is 2. The number of nitrogens with zero attached hydrogens (tertiary/aromatic N) is 1. The minimum atomic E-state index is -5.05. The molecule has 0 radical (unpaired) electrons. The van der Waals surface area contributed by atoms with Gasteiger partial charge < -0.3 is 15.2 Å². The SMILES string of the molecule is CC1CC(NC(=O)OCCc2cc(C(F)(F)F)cc(C(F)(F)F)c2)c2ccc(C(F)(F)F)cc2N1C(=O)O. The maximum Gasteiger partial charge on any atom is 0.416 e. The first-order valence-corrected chi connectivity index (χ1v) is 10.8. The third kappa shape index (κ3) is 6.61. The number of carbonyl (C=O) groups excluding carboxylic acids is 1. The molecule has 1 aliphatic rings. The van der Waals surface area contributed by atoms with Crippen LogP contribution in [0.1, 0.15) is 47.2 Å². The normalized spacial score (nSPS) is 18.1. The first kappa shape index (κ1) is 28.9. The highest BCUT2D eigenvalue weighted by Gasteiger charge is 2.39. The molecule has 0 saturated carbocycles. The minimum Gasteiger partial charge on any atom is -0.465 e. The van der Waals surface area contributed by atoms with Crippen LogP contribution in [0.2, 0.25) is 0 Å². The Hall–Kier alpha value is -3.65. The second-order valence-corrected chi connectivity index (χ2v) is 8.51. The summed E-state index contributed by atoms with van der Waals surface area (Å²) in [5, 5.41) is 11.8. The van der Waals surface area contributed by atoms with Crippen LogP contribution in [0.15, 0.2) is 36.4 Å². The summed E-state index contributed by atoms with van der Waals surface area (Å²) in [5.74, 6) is 0. The molecule has 6 nitrogen and oxygen atoms in total. The quantitative estimate of drug-likeness (QED) is 0.395. The topological polar surface area (TPSA) is 78.9 Å². The van der Waals surface area contributed by atoms with Crippen molar-refractivity contribution >= 4 is 17.9 Å². The lowest BCUT2D eigenvalue weighted by Gasteiger charge is -2.38. The standard InChI is InChI=1S/C23H19F9N2O4/c1-11-6-17(16-3-2-13(21(24,25)26)10-18(16)34(11)20(36)37)33-19(35)38-5-4-12-7-14(22(27,28)29)9-15(8-12)23(30,31)32/h2-3,7-11,17H,4-6H2,1H3,(H,33,35)(H,36,37). The van der Waals surface area contributed by atoms with Gasteiger partial charge in [-0.3, -0.25) is 4.90 Å². The average Bonchev–Trinajstić information content (AvgIpc) is 2.76. The maximum atomic E-state index is 13.2. The highest BCUT2D eigenvalue weighted by molar-refractivity contribution is 5.89. The Bertz CT molecular complexity index is 1180. The molecule has 1 aliphatic heterocycles. The number of amides is 2. The lowest BCUT2D eigenvalue weighted by molar-refractivity contribution is -0.143. The van der Waals surface area contributed by atoms with Crippen LogP contribution in [0.3, 0.4) is 0 Å². The molecular weight excluding hydrogens is 539 g/mol. The van der Waals surface area contributed by atoms with Gasteiger partial charge in [0.05, 0.1) is 35.0 Å². The molecule has 0 bridgehead atoms. The van der Waals surface area contributed by atoms with E-state index in [1.165, 1.54) is 6.92 Å². The third-order valence-electron chi connectivity index (χ3n) is 5.78. The summed E-state index contributed by atoms with van der Waals surface area (Å²) in [5.41, 5.74) is -4.82. The van der Waals surface area contributed by atoms with Gasteiger partial charge in [-0.15, -0.1) is 0 Å². The van der Waals surface area contributed by atoms with E-state index in [2.05, 4.69) is 5.32 Å². The lowest BCUT2D eigenvalue weighted by Crippen LogP contribution is -2.46. The number of alkyl carbamates (subject to hydrolysis) is 1. The summed E-state index contributed by atoms with van der Waals surface area (Å²) in [6.07, 6.45) is -18.1.